The Labute approximate surface area is 176 Å². The van der Waals surface area contributed by atoms with Gasteiger partial charge < -0.3 is 30.3 Å². The lowest BCUT2D eigenvalue weighted by molar-refractivity contribution is -0.139. The minimum absolute atomic E-state index is 0.0621. The summed E-state index contributed by atoms with van der Waals surface area (Å²) in [6.07, 6.45) is 1.58. The Balaban J connectivity index is 1.35. The average Bonchev–Trinajstić information content (AvgIpc) is 3.17. The molecule has 0 atom stereocenters. The number of carbonyl (C=O) groups is 3. The number of benzene rings is 1. The van der Waals surface area contributed by atoms with E-state index in [9.17, 15) is 14.4 Å². The second-order valence-electron chi connectivity index (χ2n) is 8.69. The van der Waals surface area contributed by atoms with E-state index in [0.717, 1.165) is 18.4 Å². The van der Waals surface area contributed by atoms with Gasteiger partial charge in [-0.3, -0.25) is 9.59 Å². The molecule has 0 spiro atoms. The van der Waals surface area contributed by atoms with Crippen molar-refractivity contribution in [1.29, 1.82) is 0 Å². The van der Waals surface area contributed by atoms with Crippen molar-refractivity contribution in [1.82, 2.24) is 20.9 Å². The third-order valence-electron chi connectivity index (χ3n) is 5.03. The molecule has 1 fully saturated rings. The molecular weight excluding hydrogens is 388 g/mol. The van der Waals surface area contributed by atoms with E-state index in [0.29, 0.717) is 31.1 Å². The molecular formula is C21H30N4O5. The summed E-state index contributed by atoms with van der Waals surface area (Å²) < 4.78 is 10.6. The molecule has 2 aliphatic rings. The fourth-order valence-electron chi connectivity index (χ4n) is 3.37. The largest absolute Gasteiger partial charge is 0.454 e. The van der Waals surface area contributed by atoms with Crippen molar-refractivity contribution in [3.63, 3.8) is 0 Å². The van der Waals surface area contributed by atoms with Gasteiger partial charge in [0.2, 0.25) is 6.79 Å². The topological polar surface area (TPSA) is 109 Å². The summed E-state index contributed by atoms with van der Waals surface area (Å²) in [5.74, 6) is 0.228. The van der Waals surface area contributed by atoms with Crippen molar-refractivity contribution >= 4 is 17.8 Å². The van der Waals surface area contributed by atoms with Crippen molar-refractivity contribution in [3.05, 3.63) is 23.8 Å². The van der Waals surface area contributed by atoms with Crippen LogP contribution in [0.3, 0.4) is 0 Å². The molecule has 164 valence electrons. The first-order valence-electron chi connectivity index (χ1n) is 10.2. The molecule has 9 heteroatoms. The number of carbonyl (C=O) groups excluding carboxylic acids is 3. The van der Waals surface area contributed by atoms with E-state index in [1.54, 1.807) is 17.0 Å². The van der Waals surface area contributed by atoms with Crippen LogP contribution >= 0.6 is 0 Å². The van der Waals surface area contributed by atoms with Gasteiger partial charge in [-0.05, 0) is 57.2 Å². The molecule has 30 heavy (non-hydrogen) atoms. The molecule has 2 heterocycles. The standard InChI is InChI=1S/C21H30N4O5/c1-21(2,3)24-20(28)25-8-6-14(7-9-25)11-22-18(26)19(27)23-12-15-4-5-16-17(10-15)30-13-29-16/h4-5,10,14H,6-9,11-13H2,1-3H3,(H,22,26)(H,23,27)(H,24,28). The van der Waals surface area contributed by atoms with E-state index in [4.69, 9.17) is 9.47 Å². The maximum absolute atomic E-state index is 12.2. The van der Waals surface area contributed by atoms with E-state index >= 15 is 0 Å². The molecule has 2 aliphatic heterocycles. The van der Waals surface area contributed by atoms with Gasteiger partial charge in [0.1, 0.15) is 0 Å². The van der Waals surface area contributed by atoms with Crippen molar-refractivity contribution in [2.24, 2.45) is 5.92 Å². The van der Waals surface area contributed by atoms with Crippen LogP contribution in [0.25, 0.3) is 0 Å². The van der Waals surface area contributed by atoms with Crippen LogP contribution in [0, 0.1) is 5.92 Å². The number of ether oxygens (including phenoxy) is 2. The summed E-state index contributed by atoms with van der Waals surface area (Å²) in [5.41, 5.74) is 0.553. The molecule has 0 saturated carbocycles. The Morgan fingerprint density at radius 2 is 1.70 bits per heavy atom. The molecule has 0 radical (unpaired) electrons. The van der Waals surface area contributed by atoms with Gasteiger partial charge in [0.05, 0.1) is 0 Å². The predicted octanol–water partition coefficient (Wildman–Crippen LogP) is 1.37. The Kier molecular flexibility index (Phi) is 6.69. The zero-order valence-electron chi connectivity index (χ0n) is 17.7. The smallest absolute Gasteiger partial charge is 0.317 e. The zero-order valence-corrected chi connectivity index (χ0v) is 17.7. The van der Waals surface area contributed by atoms with Crippen LogP contribution in [0.4, 0.5) is 4.79 Å². The number of urea groups is 1. The van der Waals surface area contributed by atoms with Crippen molar-refractivity contribution in [2.45, 2.75) is 45.7 Å². The molecule has 3 rings (SSSR count). The van der Waals surface area contributed by atoms with E-state index in [2.05, 4.69) is 16.0 Å². The van der Waals surface area contributed by atoms with Crippen molar-refractivity contribution in [3.8, 4) is 11.5 Å². The monoisotopic (exact) mass is 418 g/mol. The molecule has 1 aromatic carbocycles. The normalized spacial score (nSPS) is 16.2. The summed E-state index contributed by atoms with van der Waals surface area (Å²) in [4.78, 5) is 38.1. The van der Waals surface area contributed by atoms with Gasteiger partial charge in [-0.15, -0.1) is 0 Å². The Bertz CT molecular complexity index is 797. The molecule has 0 aliphatic carbocycles. The first-order valence-corrected chi connectivity index (χ1v) is 10.2. The van der Waals surface area contributed by atoms with Crippen LogP contribution in [0.15, 0.2) is 18.2 Å². The SMILES string of the molecule is CC(C)(C)NC(=O)N1CCC(CNC(=O)C(=O)NCc2ccc3c(c2)OCO3)CC1. The molecule has 9 nitrogen and oxygen atoms in total. The first kappa shape index (κ1) is 21.7. The minimum atomic E-state index is -0.672. The van der Waals surface area contributed by atoms with E-state index < -0.39 is 11.8 Å². The average molecular weight is 418 g/mol. The van der Waals surface area contributed by atoms with Gasteiger partial charge >= 0.3 is 17.8 Å². The lowest BCUT2D eigenvalue weighted by Gasteiger charge is -2.34. The number of rotatable bonds is 4. The van der Waals surface area contributed by atoms with E-state index in [-0.39, 0.29) is 30.8 Å². The maximum Gasteiger partial charge on any atom is 0.317 e. The van der Waals surface area contributed by atoms with Gasteiger partial charge in [0.25, 0.3) is 0 Å². The van der Waals surface area contributed by atoms with E-state index in [1.165, 1.54) is 0 Å². The summed E-state index contributed by atoms with van der Waals surface area (Å²) in [7, 11) is 0. The lowest BCUT2D eigenvalue weighted by atomic mass is 9.97. The highest BCUT2D eigenvalue weighted by atomic mass is 16.7. The second-order valence-corrected chi connectivity index (χ2v) is 8.69. The van der Waals surface area contributed by atoms with Crippen LogP contribution in [0.2, 0.25) is 0 Å². The molecule has 0 aromatic heterocycles. The van der Waals surface area contributed by atoms with Crippen molar-refractivity contribution < 1.29 is 23.9 Å². The summed E-state index contributed by atoms with van der Waals surface area (Å²) in [5, 5.41) is 8.27. The van der Waals surface area contributed by atoms with Crippen LogP contribution in [-0.2, 0) is 16.1 Å². The molecule has 0 bridgehead atoms. The third-order valence-corrected chi connectivity index (χ3v) is 5.03. The van der Waals surface area contributed by atoms with Gasteiger partial charge in [-0.25, -0.2) is 4.79 Å². The number of hydrogen-bond acceptors (Lipinski definition) is 5. The zero-order chi connectivity index (χ0) is 21.7. The predicted molar refractivity (Wildman–Crippen MR) is 110 cm³/mol. The lowest BCUT2D eigenvalue weighted by Crippen LogP contribution is -2.51. The van der Waals surface area contributed by atoms with Crippen LogP contribution in [0.5, 0.6) is 11.5 Å². The number of amides is 4. The van der Waals surface area contributed by atoms with Gasteiger partial charge in [0.15, 0.2) is 11.5 Å². The van der Waals surface area contributed by atoms with Crippen LogP contribution in [0.1, 0.15) is 39.2 Å². The molecule has 4 amide bonds. The Morgan fingerprint density at radius 1 is 1.03 bits per heavy atom. The number of nitrogens with one attached hydrogen (secondary N) is 3. The number of fused-ring (bicyclic) bond motifs is 1. The Hall–Kier alpha value is -2.97. The fraction of sp³-hybridized carbons (Fsp3) is 0.571. The van der Waals surface area contributed by atoms with Crippen LogP contribution in [-0.4, -0.2) is 54.7 Å². The number of hydrogen-bond donors (Lipinski definition) is 3. The van der Waals surface area contributed by atoms with Gasteiger partial charge in [0, 0.05) is 31.7 Å². The first-order chi connectivity index (χ1) is 14.2. The van der Waals surface area contributed by atoms with Crippen LogP contribution < -0.4 is 25.4 Å². The third kappa shape index (κ3) is 6.01. The highest BCUT2D eigenvalue weighted by molar-refractivity contribution is 6.35. The number of piperidine rings is 1. The quantitative estimate of drug-likeness (QED) is 0.640. The Morgan fingerprint density at radius 3 is 2.40 bits per heavy atom. The van der Waals surface area contributed by atoms with Crippen molar-refractivity contribution in [2.75, 3.05) is 26.4 Å². The molecule has 3 N–H and O–H groups in total. The molecule has 0 unspecified atom stereocenters. The summed E-state index contributed by atoms with van der Waals surface area (Å²) in [6, 6.07) is 5.31. The van der Waals surface area contributed by atoms with Gasteiger partial charge in [-0.2, -0.15) is 0 Å². The summed E-state index contributed by atoms with van der Waals surface area (Å²) >= 11 is 0. The fourth-order valence-corrected chi connectivity index (χ4v) is 3.37. The second kappa shape index (κ2) is 9.23. The molecule has 1 saturated heterocycles. The highest BCUT2D eigenvalue weighted by Crippen LogP contribution is 2.32. The number of likely N-dealkylation sites (tertiary alicyclic amines) is 1. The number of nitrogens with zero attached hydrogens (tertiary/aromatic N) is 1. The highest BCUT2D eigenvalue weighted by Gasteiger charge is 2.26. The molecule has 1 aromatic rings. The van der Waals surface area contributed by atoms with Gasteiger partial charge in [-0.1, -0.05) is 6.07 Å². The van der Waals surface area contributed by atoms with E-state index in [1.807, 2.05) is 26.8 Å². The summed E-state index contributed by atoms with van der Waals surface area (Å²) in [6.45, 7) is 7.96. The maximum atomic E-state index is 12.2. The minimum Gasteiger partial charge on any atom is -0.454 e.